The first-order valence-corrected chi connectivity index (χ1v) is 7.55. The van der Waals surface area contributed by atoms with Gasteiger partial charge in [-0.25, -0.2) is 0 Å². The van der Waals surface area contributed by atoms with Gasteiger partial charge < -0.3 is 5.11 Å². The van der Waals surface area contributed by atoms with E-state index in [1.807, 2.05) is 11.8 Å². The standard InChI is InChI=1S/C15H20OS/c16-11-15(7-3-4-8-15)10-13-9-12-5-1-2-6-14(12)17-13/h1-2,5-6,13,16H,3-4,7-11H2. The summed E-state index contributed by atoms with van der Waals surface area (Å²) in [7, 11) is 0. The van der Waals surface area contributed by atoms with Gasteiger partial charge in [0.25, 0.3) is 0 Å². The molecule has 0 amide bonds. The normalized spacial score (nSPS) is 26.1. The third-order valence-corrected chi connectivity index (χ3v) is 5.69. The van der Waals surface area contributed by atoms with Gasteiger partial charge in [0.2, 0.25) is 0 Å². The summed E-state index contributed by atoms with van der Waals surface area (Å²) in [4.78, 5) is 1.46. The summed E-state index contributed by atoms with van der Waals surface area (Å²) in [6.07, 6.45) is 7.48. The fourth-order valence-electron chi connectivity index (χ4n) is 3.40. The Morgan fingerprint density at radius 1 is 1.24 bits per heavy atom. The zero-order chi connectivity index (χ0) is 11.7. The Hall–Kier alpha value is -0.470. The maximum absolute atomic E-state index is 9.68. The molecule has 1 N–H and O–H groups in total. The molecule has 1 aliphatic carbocycles. The van der Waals surface area contributed by atoms with Gasteiger partial charge in [-0.1, -0.05) is 31.0 Å². The van der Waals surface area contributed by atoms with Crippen LogP contribution in [0.1, 0.15) is 37.7 Å². The topological polar surface area (TPSA) is 20.2 Å². The molecule has 0 aromatic heterocycles. The molecule has 0 spiro atoms. The van der Waals surface area contributed by atoms with Crippen molar-refractivity contribution in [2.24, 2.45) is 5.41 Å². The van der Waals surface area contributed by atoms with Gasteiger partial charge in [-0.05, 0) is 42.7 Å². The lowest BCUT2D eigenvalue weighted by atomic mass is 9.81. The second-order valence-corrected chi connectivity index (χ2v) is 6.96. The van der Waals surface area contributed by atoms with Crippen LogP contribution in [-0.4, -0.2) is 17.0 Å². The van der Waals surface area contributed by atoms with Gasteiger partial charge in [0.1, 0.15) is 0 Å². The van der Waals surface area contributed by atoms with Crippen molar-refractivity contribution >= 4 is 11.8 Å². The number of aliphatic hydroxyl groups excluding tert-OH is 1. The minimum atomic E-state index is 0.250. The van der Waals surface area contributed by atoms with Crippen molar-refractivity contribution in [3.05, 3.63) is 29.8 Å². The summed E-state index contributed by atoms with van der Waals surface area (Å²) in [5.74, 6) is 0. The lowest BCUT2D eigenvalue weighted by molar-refractivity contribution is 0.120. The highest BCUT2D eigenvalue weighted by atomic mass is 32.2. The number of aliphatic hydroxyl groups is 1. The van der Waals surface area contributed by atoms with Crippen LogP contribution in [-0.2, 0) is 6.42 Å². The van der Waals surface area contributed by atoms with Gasteiger partial charge in [0.15, 0.2) is 0 Å². The molecule has 1 nitrogen and oxygen atoms in total. The van der Waals surface area contributed by atoms with E-state index < -0.39 is 0 Å². The summed E-state index contributed by atoms with van der Waals surface area (Å²) < 4.78 is 0. The number of hydrogen-bond acceptors (Lipinski definition) is 2. The molecular formula is C15H20OS. The van der Waals surface area contributed by atoms with Crippen LogP contribution in [0.15, 0.2) is 29.2 Å². The number of hydrogen-bond donors (Lipinski definition) is 1. The van der Waals surface area contributed by atoms with Crippen molar-refractivity contribution in [3.8, 4) is 0 Å². The molecule has 0 radical (unpaired) electrons. The summed E-state index contributed by atoms with van der Waals surface area (Å²) >= 11 is 2.03. The Morgan fingerprint density at radius 3 is 2.71 bits per heavy atom. The Balaban J connectivity index is 1.69. The summed E-state index contributed by atoms with van der Waals surface area (Å²) in [6, 6.07) is 8.76. The maximum atomic E-state index is 9.68. The molecule has 1 unspecified atom stereocenters. The number of fused-ring (bicyclic) bond motifs is 1. The van der Waals surface area contributed by atoms with Crippen molar-refractivity contribution in [3.63, 3.8) is 0 Å². The van der Waals surface area contributed by atoms with E-state index in [4.69, 9.17) is 0 Å². The second kappa shape index (κ2) is 4.66. The third kappa shape index (κ3) is 2.25. The first-order chi connectivity index (χ1) is 8.31. The highest BCUT2D eigenvalue weighted by molar-refractivity contribution is 8.00. The molecule has 1 saturated carbocycles. The molecule has 1 aliphatic heterocycles. The van der Waals surface area contributed by atoms with Crippen LogP contribution >= 0.6 is 11.8 Å². The van der Waals surface area contributed by atoms with Crippen LogP contribution in [0.25, 0.3) is 0 Å². The molecule has 2 heteroatoms. The van der Waals surface area contributed by atoms with Gasteiger partial charge >= 0.3 is 0 Å². The SMILES string of the molecule is OCC1(CC2Cc3ccccc3S2)CCCC1. The van der Waals surface area contributed by atoms with Gasteiger partial charge in [0.05, 0.1) is 0 Å². The molecule has 1 heterocycles. The molecule has 0 saturated heterocycles. The molecule has 1 aromatic rings. The van der Waals surface area contributed by atoms with Crippen LogP contribution in [0.3, 0.4) is 0 Å². The van der Waals surface area contributed by atoms with Gasteiger partial charge in [-0.2, -0.15) is 0 Å². The number of benzene rings is 1. The number of thioether (sulfide) groups is 1. The van der Waals surface area contributed by atoms with Crippen molar-refractivity contribution in [2.45, 2.75) is 48.7 Å². The Labute approximate surface area is 108 Å². The predicted octanol–water partition coefficient (Wildman–Crippen LogP) is 3.65. The molecule has 1 fully saturated rings. The third-order valence-electron chi connectivity index (χ3n) is 4.37. The van der Waals surface area contributed by atoms with E-state index in [-0.39, 0.29) is 5.41 Å². The van der Waals surface area contributed by atoms with Gasteiger partial charge in [-0.15, -0.1) is 11.8 Å². The van der Waals surface area contributed by atoms with E-state index in [0.29, 0.717) is 11.9 Å². The zero-order valence-electron chi connectivity index (χ0n) is 10.2. The first kappa shape index (κ1) is 11.6. The Bertz CT molecular complexity index is 371. The zero-order valence-corrected chi connectivity index (χ0v) is 11.0. The van der Waals surface area contributed by atoms with E-state index in [9.17, 15) is 5.11 Å². The molecule has 17 heavy (non-hydrogen) atoms. The highest BCUT2D eigenvalue weighted by Gasteiger charge is 2.37. The van der Waals surface area contributed by atoms with Crippen molar-refractivity contribution < 1.29 is 5.11 Å². The molecular weight excluding hydrogens is 228 g/mol. The van der Waals surface area contributed by atoms with E-state index >= 15 is 0 Å². The quantitative estimate of drug-likeness (QED) is 0.881. The van der Waals surface area contributed by atoms with Crippen LogP contribution in [0.4, 0.5) is 0 Å². The molecule has 1 aromatic carbocycles. The van der Waals surface area contributed by atoms with E-state index in [1.54, 1.807) is 0 Å². The van der Waals surface area contributed by atoms with E-state index in [2.05, 4.69) is 24.3 Å². The summed E-state index contributed by atoms with van der Waals surface area (Å²) in [5.41, 5.74) is 1.76. The largest absolute Gasteiger partial charge is 0.396 e. The van der Waals surface area contributed by atoms with Crippen LogP contribution in [0.2, 0.25) is 0 Å². The van der Waals surface area contributed by atoms with Crippen LogP contribution in [0.5, 0.6) is 0 Å². The van der Waals surface area contributed by atoms with Gasteiger partial charge in [0, 0.05) is 16.8 Å². The monoisotopic (exact) mass is 248 g/mol. The Morgan fingerprint density at radius 2 is 2.00 bits per heavy atom. The lowest BCUT2D eigenvalue weighted by Gasteiger charge is -2.29. The fourth-order valence-corrected chi connectivity index (χ4v) is 4.92. The Kier molecular flexibility index (Phi) is 3.18. The van der Waals surface area contributed by atoms with Crippen molar-refractivity contribution in [1.29, 1.82) is 0 Å². The van der Waals surface area contributed by atoms with Crippen molar-refractivity contribution in [1.82, 2.24) is 0 Å². The molecule has 0 bridgehead atoms. The van der Waals surface area contributed by atoms with E-state index in [1.165, 1.54) is 49.0 Å². The smallest absolute Gasteiger partial charge is 0.0487 e. The molecule has 1 atom stereocenters. The average Bonchev–Trinajstić information content (AvgIpc) is 2.95. The second-order valence-electron chi connectivity index (χ2n) is 5.62. The molecule has 3 rings (SSSR count). The summed E-state index contributed by atoms with van der Waals surface area (Å²) in [6.45, 7) is 0.389. The van der Waals surface area contributed by atoms with Crippen molar-refractivity contribution in [2.75, 3.05) is 6.61 Å². The number of rotatable bonds is 3. The predicted molar refractivity (Wildman–Crippen MR) is 72.4 cm³/mol. The fraction of sp³-hybridized carbons (Fsp3) is 0.600. The van der Waals surface area contributed by atoms with Gasteiger partial charge in [-0.3, -0.25) is 0 Å². The lowest BCUT2D eigenvalue weighted by Crippen LogP contribution is -2.26. The van der Waals surface area contributed by atoms with Crippen LogP contribution in [0, 0.1) is 5.41 Å². The maximum Gasteiger partial charge on any atom is 0.0487 e. The minimum absolute atomic E-state index is 0.250. The summed E-state index contributed by atoms with van der Waals surface area (Å²) in [5, 5.41) is 10.4. The van der Waals surface area contributed by atoms with Crippen LogP contribution < -0.4 is 0 Å². The average molecular weight is 248 g/mol. The first-order valence-electron chi connectivity index (χ1n) is 6.67. The molecule has 2 aliphatic rings. The van der Waals surface area contributed by atoms with E-state index in [0.717, 1.165) is 0 Å². The minimum Gasteiger partial charge on any atom is -0.396 e. The molecule has 92 valence electrons. The highest BCUT2D eigenvalue weighted by Crippen LogP contribution is 2.47.